The highest BCUT2D eigenvalue weighted by atomic mass is 16.3. The number of furan rings is 1. The second-order valence-corrected chi connectivity index (χ2v) is 6.88. The van der Waals surface area contributed by atoms with Gasteiger partial charge in [0.15, 0.2) is 5.76 Å². The molecule has 0 fully saturated rings. The fraction of sp³-hybridized carbons (Fsp3) is 0.0800. The van der Waals surface area contributed by atoms with Crippen molar-refractivity contribution in [2.45, 2.75) is 13.5 Å². The predicted molar refractivity (Wildman–Crippen MR) is 115 cm³/mol. The molecule has 136 valence electrons. The lowest BCUT2D eigenvalue weighted by Crippen LogP contribution is -1.92. The lowest BCUT2D eigenvalue weighted by atomic mass is 10.1. The van der Waals surface area contributed by atoms with Crippen LogP contribution in [0.2, 0.25) is 0 Å². The number of ketones is 1. The van der Waals surface area contributed by atoms with Gasteiger partial charge in [0.1, 0.15) is 5.58 Å². The van der Waals surface area contributed by atoms with E-state index in [2.05, 4.69) is 54.0 Å². The fourth-order valence-corrected chi connectivity index (χ4v) is 3.87. The molecule has 2 aromatic heterocycles. The third kappa shape index (κ3) is 2.64. The molecule has 0 aliphatic carbocycles. The van der Waals surface area contributed by atoms with E-state index in [1.807, 2.05) is 30.3 Å². The van der Waals surface area contributed by atoms with E-state index in [9.17, 15) is 4.79 Å². The van der Waals surface area contributed by atoms with Crippen molar-refractivity contribution in [2.24, 2.45) is 0 Å². The van der Waals surface area contributed by atoms with Crippen molar-refractivity contribution in [3.63, 3.8) is 0 Å². The van der Waals surface area contributed by atoms with Crippen LogP contribution in [0, 0.1) is 0 Å². The number of hydrogen-bond acceptors (Lipinski definition) is 2. The number of para-hydroxylation sites is 2. The molecule has 3 aromatic carbocycles. The average Bonchev–Trinajstić information content (AvgIpc) is 3.31. The molecule has 0 unspecified atom stereocenters. The molecule has 3 nitrogen and oxygen atoms in total. The summed E-state index contributed by atoms with van der Waals surface area (Å²) >= 11 is 0. The van der Waals surface area contributed by atoms with Crippen LogP contribution in [0.4, 0.5) is 0 Å². The van der Waals surface area contributed by atoms with Crippen LogP contribution in [0.15, 0.2) is 83.3 Å². The summed E-state index contributed by atoms with van der Waals surface area (Å²) in [7, 11) is 0. The summed E-state index contributed by atoms with van der Waals surface area (Å²) in [4.78, 5) is 12.5. The Bertz CT molecular complexity index is 1330. The van der Waals surface area contributed by atoms with Gasteiger partial charge in [-0.05, 0) is 48.9 Å². The molecule has 28 heavy (non-hydrogen) atoms. The number of carbonyl (C=O) groups excluding carboxylic acids is 1. The molecule has 5 rings (SSSR count). The van der Waals surface area contributed by atoms with Crippen molar-refractivity contribution >= 4 is 44.6 Å². The van der Waals surface area contributed by atoms with Gasteiger partial charge in [-0.15, -0.1) is 0 Å². The molecule has 0 spiro atoms. The van der Waals surface area contributed by atoms with Gasteiger partial charge in [-0.3, -0.25) is 4.79 Å². The maximum absolute atomic E-state index is 12.5. The third-order valence-electron chi connectivity index (χ3n) is 5.21. The number of nitrogens with zero attached hydrogens (tertiary/aromatic N) is 1. The molecule has 0 atom stereocenters. The van der Waals surface area contributed by atoms with Gasteiger partial charge < -0.3 is 8.98 Å². The number of fused-ring (bicyclic) bond motifs is 4. The van der Waals surface area contributed by atoms with Crippen LogP contribution in [-0.2, 0) is 6.54 Å². The molecular weight excluding hydrogens is 346 g/mol. The smallest absolute Gasteiger partial charge is 0.221 e. The van der Waals surface area contributed by atoms with Crippen molar-refractivity contribution in [3.05, 3.63) is 90.2 Å². The fourth-order valence-electron chi connectivity index (χ4n) is 3.87. The number of rotatable bonds is 4. The number of benzene rings is 3. The van der Waals surface area contributed by atoms with Gasteiger partial charge >= 0.3 is 0 Å². The summed E-state index contributed by atoms with van der Waals surface area (Å²) in [6.45, 7) is 3.08. The summed E-state index contributed by atoms with van der Waals surface area (Å²) in [6.07, 6.45) is 3.44. The first kappa shape index (κ1) is 16.6. The zero-order chi connectivity index (χ0) is 19.1. The highest BCUT2D eigenvalue weighted by Gasteiger charge is 2.11. The predicted octanol–water partition coefficient (Wildman–Crippen LogP) is 6.46. The van der Waals surface area contributed by atoms with E-state index in [1.165, 1.54) is 21.8 Å². The van der Waals surface area contributed by atoms with Gasteiger partial charge in [0.05, 0.1) is 0 Å². The Kier molecular flexibility index (Phi) is 3.87. The Hall–Kier alpha value is -3.59. The largest absolute Gasteiger partial charge is 0.453 e. The number of hydrogen-bond donors (Lipinski definition) is 0. The van der Waals surface area contributed by atoms with Gasteiger partial charge in [-0.1, -0.05) is 48.5 Å². The van der Waals surface area contributed by atoms with E-state index in [-0.39, 0.29) is 5.78 Å². The second-order valence-electron chi connectivity index (χ2n) is 6.88. The Morgan fingerprint density at radius 1 is 0.929 bits per heavy atom. The average molecular weight is 365 g/mol. The molecule has 0 saturated carbocycles. The standard InChI is InChI=1S/C25H19NO2/c1-2-26-21-9-5-4-8-19(21)20-15-17(11-13-22(20)26)12-14-23(27)25-16-18-7-3-6-10-24(18)28-25/h3-16H,2H2,1H3/b14-12+. The summed E-state index contributed by atoms with van der Waals surface area (Å²) in [5.74, 6) is 0.230. The highest BCUT2D eigenvalue weighted by Crippen LogP contribution is 2.30. The highest BCUT2D eigenvalue weighted by molar-refractivity contribution is 6.10. The van der Waals surface area contributed by atoms with Gasteiger partial charge in [0.25, 0.3) is 0 Å². The quantitative estimate of drug-likeness (QED) is 0.271. The molecule has 0 amide bonds. The normalized spacial score (nSPS) is 11.9. The van der Waals surface area contributed by atoms with Crippen LogP contribution in [0.25, 0.3) is 38.9 Å². The monoisotopic (exact) mass is 365 g/mol. The molecule has 3 heteroatoms. The first-order valence-corrected chi connectivity index (χ1v) is 9.46. The van der Waals surface area contributed by atoms with E-state index in [0.717, 1.165) is 23.1 Å². The summed E-state index contributed by atoms with van der Waals surface area (Å²) in [6, 6.07) is 24.2. The Morgan fingerprint density at radius 3 is 2.57 bits per heavy atom. The summed E-state index contributed by atoms with van der Waals surface area (Å²) in [5, 5.41) is 3.38. The minimum absolute atomic E-state index is 0.132. The molecule has 0 aliphatic heterocycles. The lowest BCUT2D eigenvalue weighted by Gasteiger charge is -2.02. The molecule has 0 aliphatic rings. The number of allylic oxidation sites excluding steroid dienone is 1. The van der Waals surface area contributed by atoms with Crippen LogP contribution in [-0.4, -0.2) is 10.4 Å². The number of aromatic nitrogens is 1. The zero-order valence-corrected chi connectivity index (χ0v) is 15.6. The van der Waals surface area contributed by atoms with Gasteiger partial charge in [-0.2, -0.15) is 0 Å². The van der Waals surface area contributed by atoms with E-state index in [1.54, 1.807) is 12.1 Å². The van der Waals surface area contributed by atoms with Crippen LogP contribution >= 0.6 is 0 Å². The van der Waals surface area contributed by atoms with E-state index >= 15 is 0 Å². The third-order valence-corrected chi connectivity index (χ3v) is 5.21. The van der Waals surface area contributed by atoms with E-state index in [0.29, 0.717) is 5.76 Å². The van der Waals surface area contributed by atoms with Gasteiger partial charge in [0, 0.05) is 33.7 Å². The van der Waals surface area contributed by atoms with Crippen LogP contribution in [0.3, 0.4) is 0 Å². The van der Waals surface area contributed by atoms with Crippen molar-refractivity contribution < 1.29 is 9.21 Å². The van der Waals surface area contributed by atoms with Gasteiger partial charge in [0.2, 0.25) is 5.78 Å². The molecule has 0 N–H and O–H groups in total. The molecular formula is C25H19NO2. The van der Waals surface area contributed by atoms with Crippen molar-refractivity contribution in [1.82, 2.24) is 4.57 Å². The van der Waals surface area contributed by atoms with E-state index in [4.69, 9.17) is 4.42 Å². The summed E-state index contributed by atoms with van der Waals surface area (Å²) < 4.78 is 7.98. The molecule has 2 heterocycles. The first-order chi connectivity index (χ1) is 13.7. The van der Waals surface area contributed by atoms with Gasteiger partial charge in [-0.25, -0.2) is 0 Å². The molecule has 0 bridgehead atoms. The topological polar surface area (TPSA) is 35.1 Å². The Balaban J connectivity index is 1.52. The van der Waals surface area contributed by atoms with Crippen molar-refractivity contribution in [2.75, 3.05) is 0 Å². The number of carbonyl (C=O) groups is 1. The summed E-state index contributed by atoms with van der Waals surface area (Å²) in [5.41, 5.74) is 4.17. The SMILES string of the molecule is CCn1c2ccccc2c2cc(/C=C/C(=O)c3cc4ccccc4o3)ccc21. The Labute approximate surface area is 162 Å². The Morgan fingerprint density at radius 2 is 1.71 bits per heavy atom. The number of aryl methyl sites for hydroxylation is 1. The van der Waals surface area contributed by atoms with Crippen LogP contribution in [0.1, 0.15) is 23.0 Å². The van der Waals surface area contributed by atoms with Crippen molar-refractivity contribution in [3.8, 4) is 0 Å². The minimum atomic E-state index is -0.132. The zero-order valence-electron chi connectivity index (χ0n) is 15.6. The minimum Gasteiger partial charge on any atom is -0.453 e. The van der Waals surface area contributed by atoms with Crippen LogP contribution < -0.4 is 0 Å². The van der Waals surface area contributed by atoms with E-state index < -0.39 is 0 Å². The lowest BCUT2D eigenvalue weighted by molar-refractivity contribution is 0.102. The molecule has 5 aromatic rings. The second kappa shape index (κ2) is 6.54. The maximum atomic E-state index is 12.5. The van der Waals surface area contributed by atoms with Crippen molar-refractivity contribution in [1.29, 1.82) is 0 Å². The molecule has 0 radical (unpaired) electrons. The first-order valence-electron chi connectivity index (χ1n) is 9.46. The van der Waals surface area contributed by atoms with Crippen LogP contribution in [0.5, 0.6) is 0 Å². The molecule has 0 saturated heterocycles. The maximum Gasteiger partial charge on any atom is 0.221 e.